The summed E-state index contributed by atoms with van der Waals surface area (Å²) in [5.74, 6) is -0.0614. The molecule has 0 aliphatic carbocycles. The van der Waals surface area contributed by atoms with Gasteiger partial charge < -0.3 is 10.2 Å². The molecular weight excluding hydrogens is 232 g/mol. The topological polar surface area (TPSA) is 78.1 Å². The summed E-state index contributed by atoms with van der Waals surface area (Å²) in [5.41, 5.74) is 0.426. The van der Waals surface area contributed by atoms with Crippen molar-refractivity contribution in [3.05, 3.63) is 18.0 Å². The monoisotopic (exact) mass is 252 g/mol. The molecule has 18 heavy (non-hydrogen) atoms. The molecule has 2 amide bonds. The molecule has 1 unspecified atom stereocenters. The fourth-order valence-corrected chi connectivity index (χ4v) is 1.62. The maximum absolute atomic E-state index is 12.0. The van der Waals surface area contributed by atoms with Gasteiger partial charge in [-0.15, -0.1) is 0 Å². The third-order valence-electron chi connectivity index (χ3n) is 2.51. The van der Waals surface area contributed by atoms with E-state index >= 15 is 0 Å². The molecule has 1 atom stereocenters. The number of carbonyl (C=O) groups is 2. The first-order valence-corrected chi connectivity index (χ1v) is 5.92. The van der Waals surface area contributed by atoms with E-state index in [0.29, 0.717) is 17.9 Å². The highest BCUT2D eigenvalue weighted by molar-refractivity contribution is 5.97. The normalized spacial score (nSPS) is 12.3. The van der Waals surface area contributed by atoms with Crippen LogP contribution >= 0.6 is 0 Å². The number of hydrogen-bond donors (Lipinski definition) is 2. The van der Waals surface area contributed by atoms with Gasteiger partial charge in [0, 0.05) is 20.3 Å². The minimum absolute atomic E-state index is 0.0967. The molecule has 1 rings (SSSR count). The quantitative estimate of drug-likeness (QED) is 0.807. The Bertz CT molecular complexity index is 398. The minimum atomic E-state index is -0.498. The molecule has 0 spiro atoms. The van der Waals surface area contributed by atoms with Crippen molar-refractivity contribution in [2.45, 2.75) is 26.3 Å². The van der Waals surface area contributed by atoms with Crippen LogP contribution in [0.25, 0.3) is 0 Å². The van der Waals surface area contributed by atoms with Crippen molar-refractivity contribution in [2.24, 2.45) is 5.92 Å². The lowest BCUT2D eigenvalue weighted by molar-refractivity contribution is -0.131. The van der Waals surface area contributed by atoms with Crippen molar-refractivity contribution < 1.29 is 9.59 Å². The number of nitrogens with one attached hydrogen (secondary N) is 2. The molecule has 2 N–H and O–H groups in total. The average molecular weight is 252 g/mol. The number of carbonyl (C=O) groups excluding carboxylic acids is 2. The molecular formula is C12H20N4O2. The van der Waals surface area contributed by atoms with Gasteiger partial charge in [-0.1, -0.05) is 13.8 Å². The molecule has 0 aliphatic rings. The van der Waals surface area contributed by atoms with E-state index in [2.05, 4.69) is 15.5 Å². The van der Waals surface area contributed by atoms with E-state index in [-0.39, 0.29) is 11.8 Å². The summed E-state index contributed by atoms with van der Waals surface area (Å²) in [6, 6.07) is -0.498. The molecule has 0 radical (unpaired) electrons. The van der Waals surface area contributed by atoms with Crippen LogP contribution in [-0.4, -0.2) is 47.0 Å². The second-order valence-corrected chi connectivity index (χ2v) is 4.88. The van der Waals surface area contributed by atoms with E-state index in [1.807, 2.05) is 13.8 Å². The maximum atomic E-state index is 12.0. The van der Waals surface area contributed by atoms with Crippen LogP contribution in [0.5, 0.6) is 0 Å². The van der Waals surface area contributed by atoms with Gasteiger partial charge in [-0.25, -0.2) is 0 Å². The molecule has 1 aromatic rings. The van der Waals surface area contributed by atoms with Crippen molar-refractivity contribution in [2.75, 3.05) is 14.1 Å². The largest absolute Gasteiger partial charge is 0.347 e. The highest BCUT2D eigenvalue weighted by Crippen LogP contribution is 2.08. The van der Waals surface area contributed by atoms with E-state index in [0.717, 1.165) is 0 Å². The van der Waals surface area contributed by atoms with E-state index in [4.69, 9.17) is 0 Å². The molecule has 100 valence electrons. The van der Waals surface area contributed by atoms with E-state index in [1.54, 1.807) is 14.1 Å². The van der Waals surface area contributed by atoms with Gasteiger partial charge in [-0.3, -0.25) is 14.7 Å². The van der Waals surface area contributed by atoms with Crippen molar-refractivity contribution >= 4 is 11.8 Å². The number of nitrogens with zero attached hydrogens (tertiary/aromatic N) is 2. The number of rotatable bonds is 5. The Morgan fingerprint density at radius 3 is 2.56 bits per heavy atom. The zero-order valence-corrected chi connectivity index (χ0v) is 11.2. The summed E-state index contributed by atoms with van der Waals surface area (Å²) in [5, 5.41) is 9.02. The highest BCUT2D eigenvalue weighted by atomic mass is 16.2. The average Bonchev–Trinajstić information content (AvgIpc) is 2.79. The van der Waals surface area contributed by atoms with Gasteiger partial charge in [0.05, 0.1) is 11.8 Å². The summed E-state index contributed by atoms with van der Waals surface area (Å²) in [7, 11) is 3.36. The van der Waals surface area contributed by atoms with Gasteiger partial charge in [-0.05, 0) is 12.3 Å². The van der Waals surface area contributed by atoms with Crippen LogP contribution in [0.15, 0.2) is 12.4 Å². The first-order chi connectivity index (χ1) is 8.41. The second-order valence-electron chi connectivity index (χ2n) is 4.88. The second kappa shape index (κ2) is 6.18. The Kier molecular flexibility index (Phi) is 4.88. The lowest BCUT2D eigenvalue weighted by Gasteiger charge is -2.22. The zero-order chi connectivity index (χ0) is 13.7. The fourth-order valence-electron chi connectivity index (χ4n) is 1.62. The van der Waals surface area contributed by atoms with E-state index in [9.17, 15) is 9.59 Å². The van der Waals surface area contributed by atoms with Gasteiger partial charge in [0.25, 0.3) is 5.91 Å². The Hall–Kier alpha value is -1.85. The lowest BCUT2D eigenvalue weighted by Crippen LogP contribution is -2.46. The fraction of sp³-hybridized carbons (Fsp3) is 0.583. The molecule has 0 aliphatic heterocycles. The Morgan fingerprint density at radius 2 is 2.11 bits per heavy atom. The molecule has 0 aromatic carbocycles. The van der Waals surface area contributed by atoms with Crippen LogP contribution in [0, 0.1) is 5.92 Å². The van der Waals surface area contributed by atoms with Crippen LogP contribution in [-0.2, 0) is 4.79 Å². The SMILES string of the molecule is CC(C)CC(NC(=O)c1cn[nH]c1)C(=O)N(C)C. The molecule has 0 saturated carbocycles. The molecule has 6 heteroatoms. The Morgan fingerprint density at radius 1 is 1.44 bits per heavy atom. The molecule has 0 saturated heterocycles. The molecule has 1 aromatic heterocycles. The van der Waals surface area contributed by atoms with Crippen LogP contribution in [0.3, 0.4) is 0 Å². The van der Waals surface area contributed by atoms with Gasteiger partial charge >= 0.3 is 0 Å². The van der Waals surface area contributed by atoms with Crippen molar-refractivity contribution in [1.29, 1.82) is 0 Å². The predicted octanol–water partition coefficient (Wildman–Crippen LogP) is 0.642. The molecule has 0 bridgehead atoms. The summed E-state index contributed by atoms with van der Waals surface area (Å²) < 4.78 is 0. The summed E-state index contributed by atoms with van der Waals surface area (Å²) in [4.78, 5) is 25.3. The Balaban J connectivity index is 2.72. The summed E-state index contributed by atoms with van der Waals surface area (Å²) in [6.45, 7) is 4.03. The van der Waals surface area contributed by atoms with Crippen LogP contribution < -0.4 is 5.32 Å². The molecule has 0 fully saturated rings. The number of aromatic amines is 1. The van der Waals surface area contributed by atoms with Gasteiger partial charge in [-0.2, -0.15) is 5.10 Å². The number of likely N-dealkylation sites (N-methyl/N-ethyl adjacent to an activating group) is 1. The van der Waals surface area contributed by atoms with Crippen LogP contribution in [0.2, 0.25) is 0 Å². The maximum Gasteiger partial charge on any atom is 0.255 e. The third-order valence-corrected chi connectivity index (χ3v) is 2.51. The Labute approximate surface area is 107 Å². The summed E-state index contributed by atoms with van der Waals surface area (Å²) in [6.07, 6.45) is 3.55. The van der Waals surface area contributed by atoms with Crippen LogP contribution in [0.1, 0.15) is 30.6 Å². The van der Waals surface area contributed by atoms with Crippen molar-refractivity contribution in [3.8, 4) is 0 Å². The highest BCUT2D eigenvalue weighted by Gasteiger charge is 2.23. The zero-order valence-electron chi connectivity index (χ0n) is 11.2. The number of hydrogen-bond acceptors (Lipinski definition) is 3. The van der Waals surface area contributed by atoms with Gasteiger partial charge in [0.15, 0.2) is 0 Å². The van der Waals surface area contributed by atoms with E-state index in [1.165, 1.54) is 17.3 Å². The van der Waals surface area contributed by atoms with E-state index < -0.39 is 6.04 Å². The number of aromatic nitrogens is 2. The third kappa shape index (κ3) is 3.87. The van der Waals surface area contributed by atoms with Crippen molar-refractivity contribution in [1.82, 2.24) is 20.4 Å². The smallest absolute Gasteiger partial charge is 0.255 e. The standard InChI is InChI=1S/C12H20N4O2/c1-8(2)5-10(12(18)16(3)4)15-11(17)9-6-13-14-7-9/h6-8,10H,5H2,1-4H3,(H,13,14)(H,15,17). The molecule has 1 heterocycles. The van der Waals surface area contributed by atoms with Crippen molar-refractivity contribution in [3.63, 3.8) is 0 Å². The summed E-state index contributed by atoms with van der Waals surface area (Å²) >= 11 is 0. The molecule has 6 nitrogen and oxygen atoms in total. The first-order valence-electron chi connectivity index (χ1n) is 5.92. The number of H-pyrrole nitrogens is 1. The van der Waals surface area contributed by atoms with Gasteiger partial charge in [0.1, 0.15) is 6.04 Å². The van der Waals surface area contributed by atoms with Gasteiger partial charge in [0.2, 0.25) is 5.91 Å². The van der Waals surface area contributed by atoms with Crippen LogP contribution in [0.4, 0.5) is 0 Å². The first kappa shape index (κ1) is 14.2. The number of amides is 2. The lowest BCUT2D eigenvalue weighted by atomic mass is 10.0. The minimum Gasteiger partial charge on any atom is -0.347 e. The predicted molar refractivity (Wildman–Crippen MR) is 68.0 cm³/mol.